The van der Waals surface area contributed by atoms with Gasteiger partial charge in [-0.15, -0.1) is 0 Å². The van der Waals surface area contributed by atoms with E-state index in [1.807, 2.05) is 38.2 Å². The first kappa shape index (κ1) is 12.8. The minimum atomic E-state index is 0.608. The summed E-state index contributed by atoms with van der Waals surface area (Å²) in [6, 6.07) is 7.78. The van der Waals surface area contributed by atoms with Crippen LogP contribution in [0.3, 0.4) is 0 Å². The molecule has 1 heterocycles. The Bertz CT molecular complexity index is 551. The number of aryl methyl sites for hydroxylation is 2. The first-order valence-electron chi connectivity index (χ1n) is 5.68. The number of hydrogen-bond acceptors (Lipinski definition) is 3. The summed E-state index contributed by atoms with van der Waals surface area (Å²) < 4.78 is 7.07. The maximum atomic E-state index is 6.20. The average molecular weight is 266 g/mol. The highest BCUT2D eigenvalue weighted by atomic mass is 35.5. The lowest BCUT2D eigenvalue weighted by molar-refractivity contribution is 0.416. The van der Waals surface area contributed by atoms with Crippen LogP contribution in [0.15, 0.2) is 24.3 Å². The molecule has 1 N–H and O–H groups in total. The molecule has 0 amide bonds. The molecule has 0 aliphatic rings. The predicted molar refractivity (Wildman–Crippen MR) is 73.3 cm³/mol. The van der Waals surface area contributed by atoms with Gasteiger partial charge in [0.2, 0.25) is 0 Å². The molecule has 0 saturated carbocycles. The minimum Gasteiger partial charge on any atom is -0.495 e. The van der Waals surface area contributed by atoms with Gasteiger partial charge in [0.05, 0.1) is 35.8 Å². The minimum absolute atomic E-state index is 0.608. The van der Waals surface area contributed by atoms with Gasteiger partial charge in [-0.05, 0) is 19.1 Å². The molecule has 0 aliphatic carbocycles. The molecule has 18 heavy (non-hydrogen) atoms. The third-order valence-electron chi connectivity index (χ3n) is 2.81. The number of benzene rings is 1. The number of ether oxygens (including phenoxy) is 1. The van der Waals surface area contributed by atoms with Crippen molar-refractivity contribution in [2.75, 3.05) is 12.4 Å². The van der Waals surface area contributed by atoms with E-state index in [1.165, 1.54) is 0 Å². The molecular weight excluding hydrogens is 250 g/mol. The molecule has 1 aromatic carbocycles. The van der Waals surface area contributed by atoms with Gasteiger partial charge in [0, 0.05) is 7.05 Å². The Balaban J connectivity index is 2.16. The van der Waals surface area contributed by atoms with Gasteiger partial charge < -0.3 is 10.1 Å². The largest absolute Gasteiger partial charge is 0.495 e. The molecule has 0 saturated heterocycles. The Kier molecular flexibility index (Phi) is 3.77. The number of methoxy groups -OCH3 is 1. The van der Waals surface area contributed by atoms with E-state index < -0.39 is 0 Å². The molecule has 0 bridgehead atoms. The van der Waals surface area contributed by atoms with E-state index in [0.29, 0.717) is 11.6 Å². The fraction of sp³-hybridized carbons (Fsp3) is 0.308. The number of hydrogen-bond donors (Lipinski definition) is 1. The van der Waals surface area contributed by atoms with Crippen molar-refractivity contribution in [3.05, 3.63) is 40.7 Å². The van der Waals surface area contributed by atoms with Gasteiger partial charge in [0.15, 0.2) is 0 Å². The lowest BCUT2D eigenvalue weighted by Crippen LogP contribution is -2.06. The molecule has 0 aliphatic heterocycles. The molecule has 0 atom stereocenters. The first-order valence-corrected chi connectivity index (χ1v) is 6.06. The molecule has 1 aromatic heterocycles. The summed E-state index contributed by atoms with van der Waals surface area (Å²) in [5.41, 5.74) is 2.74. The van der Waals surface area contributed by atoms with E-state index in [1.54, 1.807) is 11.8 Å². The average Bonchev–Trinajstić information content (AvgIpc) is 2.62. The van der Waals surface area contributed by atoms with Gasteiger partial charge in [-0.1, -0.05) is 23.7 Å². The number of rotatable bonds is 4. The summed E-state index contributed by atoms with van der Waals surface area (Å²) in [6.45, 7) is 2.51. The maximum absolute atomic E-state index is 6.20. The topological polar surface area (TPSA) is 39.1 Å². The zero-order valence-electron chi connectivity index (χ0n) is 10.7. The summed E-state index contributed by atoms with van der Waals surface area (Å²) in [7, 11) is 3.54. The highest BCUT2D eigenvalue weighted by molar-refractivity contribution is 6.31. The van der Waals surface area contributed by atoms with Crippen molar-refractivity contribution in [3.8, 4) is 5.75 Å². The van der Waals surface area contributed by atoms with Crippen LogP contribution in [0, 0.1) is 6.92 Å². The van der Waals surface area contributed by atoms with Crippen molar-refractivity contribution in [1.29, 1.82) is 0 Å². The van der Waals surface area contributed by atoms with Gasteiger partial charge in [-0.25, -0.2) is 0 Å². The van der Waals surface area contributed by atoms with Crippen LogP contribution in [0.1, 0.15) is 11.4 Å². The molecular formula is C13H16ClN3O. The van der Waals surface area contributed by atoms with Gasteiger partial charge in [0.1, 0.15) is 5.75 Å². The van der Waals surface area contributed by atoms with Crippen LogP contribution >= 0.6 is 11.6 Å². The summed E-state index contributed by atoms with van der Waals surface area (Å²) in [6.07, 6.45) is 0. The lowest BCUT2D eigenvalue weighted by atomic mass is 10.3. The molecule has 0 spiro atoms. The summed E-state index contributed by atoms with van der Waals surface area (Å²) in [5.74, 6) is 0.813. The van der Waals surface area contributed by atoms with Crippen LogP contribution in [0.25, 0.3) is 0 Å². The van der Waals surface area contributed by atoms with E-state index in [-0.39, 0.29) is 0 Å². The number of nitrogens with zero attached hydrogens (tertiary/aromatic N) is 2. The Labute approximate surface area is 112 Å². The Morgan fingerprint density at radius 1 is 1.39 bits per heavy atom. The van der Waals surface area contributed by atoms with Crippen molar-refractivity contribution in [2.45, 2.75) is 13.5 Å². The van der Waals surface area contributed by atoms with Gasteiger partial charge in [-0.3, -0.25) is 4.68 Å². The molecule has 2 aromatic rings. The molecule has 2 rings (SSSR count). The summed E-state index contributed by atoms with van der Waals surface area (Å²) >= 11 is 6.20. The summed E-state index contributed by atoms with van der Waals surface area (Å²) in [5, 5.41) is 8.29. The number of nitrogens with one attached hydrogen (secondary N) is 1. The quantitative estimate of drug-likeness (QED) is 0.924. The molecule has 5 heteroatoms. The fourth-order valence-corrected chi connectivity index (χ4v) is 2.07. The van der Waals surface area contributed by atoms with Crippen molar-refractivity contribution in [1.82, 2.24) is 9.78 Å². The normalized spacial score (nSPS) is 10.4. The second kappa shape index (κ2) is 5.31. The van der Waals surface area contributed by atoms with Crippen LogP contribution in [-0.2, 0) is 13.6 Å². The lowest BCUT2D eigenvalue weighted by Gasteiger charge is -2.11. The fourth-order valence-electron chi connectivity index (χ4n) is 1.84. The molecule has 4 nitrogen and oxygen atoms in total. The first-order chi connectivity index (χ1) is 8.63. The molecule has 0 unspecified atom stereocenters. The predicted octanol–water partition coefficient (Wildman–Crippen LogP) is 3.00. The summed E-state index contributed by atoms with van der Waals surface area (Å²) in [4.78, 5) is 0. The van der Waals surface area contributed by atoms with Gasteiger partial charge in [-0.2, -0.15) is 5.10 Å². The molecule has 0 radical (unpaired) electrons. The van der Waals surface area contributed by atoms with Crippen LogP contribution in [0.5, 0.6) is 5.75 Å². The zero-order valence-corrected chi connectivity index (χ0v) is 11.5. The van der Waals surface area contributed by atoms with E-state index in [4.69, 9.17) is 16.3 Å². The highest BCUT2D eigenvalue weighted by Crippen LogP contribution is 2.25. The number of anilines is 1. The molecule has 0 fully saturated rings. The second-order valence-corrected chi connectivity index (χ2v) is 4.40. The van der Waals surface area contributed by atoms with Gasteiger partial charge >= 0.3 is 0 Å². The third-order valence-corrected chi connectivity index (χ3v) is 3.31. The number of halogens is 1. The highest BCUT2D eigenvalue weighted by Gasteiger charge is 2.11. The van der Waals surface area contributed by atoms with E-state index in [0.717, 1.165) is 22.8 Å². The van der Waals surface area contributed by atoms with Crippen molar-refractivity contribution in [3.63, 3.8) is 0 Å². The second-order valence-electron chi connectivity index (χ2n) is 4.02. The molecule has 96 valence electrons. The van der Waals surface area contributed by atoms with E-state index >= 15 is 0 Å². The maximum Gasteiger partial charge on any atom is 0.141 e. The Hall–Kier alpha value is -1.68. The van der Waals surface area contributed by atoms with Crippen LogP contribution in [-0.4, -0.2) is 16.9 Å². The number of para-hydroxylation sites is 2. The Morgan fingerprint density at radius 3 is 2.72 bits per heavy atom. The standard InChI is InChI=1S/C13H16ClN3O/c1-9-13(14)11(17(2)16-9)8-15-10-6-4-5-7-12(10)18-3/h4-7,15H,8H2,1-3H3. The van der Waals surface area contributed by atoms with Crippen molar-refractivity contribution in [2.24, 2.45) is 7.05 Å². The third kappa shape index (κ3) is 2.43. The van der Waals surface area contributed by atoms with Crippen LogP contribution < -0.4 is 10.1 Å². The van der Waals surface area contributed by atoms with E-state index in [9.17, 15) is 0 Å². The van der Waals surface area contributed by atoms with Crippen molar-refractivity contribution >= 4 is 17.3 Å². The van der Waals surface area contributed by atoms with Crippen LogP contribution in [0.2, 0.25) is 5.02 Å². The SMILES string of the molecule is COc1ccccc1NCc1c(Cl)c(C)nn1C. The Morgan fingerprint density at radius 2 is 2.11 bits per heavy atom. The van der Waals surface area contributed by atoms with Gasteiger partial charge in [0.25, 0.3) is 0 Å². The van der Waals surface area contributed by atoms with E-state index in [2.05, 4.69) is 10.4 Å². The van der Waals surface area contributed by atoms with Crippen molar-refractivity contribution < 1.29 is 4.74 Å². The monoisotopic (exact) mass is 265 g/mol. The van der Waals surface area contributed by atoms with Crippen LogP contribution in [0.4, 0.5) is 5.69 Å². The smallest absolute Gasteiger partial charge is 0.141 e. The zero-order chi connectivity index (χ0) is 13.1. The number of aromatic nitrogens is 2.